The van der Waals surface area contributed by atoms with E-state index in [2.05, 4.69) is 15.1 Å². The molecule has 26 heavy (non-hydrogen) atoms. The molecule has 7 heteroatoms. The molecule has 128 valence electrons. The van der Waals surface area contributed by atoms with Gasteiger partial charge in [-0.25, -0.2) is 14.6 Å². The van der Waals surface area contributed by atoms with E-state index in [0.29, 0.717) is 18.3 Å². The van der Waals surface area contributed by atoms with Crippen LogP contribution in [0.15, 0.2) is 61.2 Å². The highest BCUT2D eigenvalue weighted by Crippen LogP contribution is 2.34. The number of ether oxygens (including phenoxy) is 1. The highest BCUT2D eigenvalue weighted by atomic mass is 35.5. The molecule has 0 aliphatic carbocycles. The minimum atomic E-state index is 0.476. The van der Waals surface area contributed by atoms with Gasteiger partial charge in [-0.2, -0.15) is 5.10 Å². The van der Waals surface area contributed by atoms with E-state index in [9.17, 15) is 0 Å². The van der Waals surface area contributed by atoms with Gasteiger partial charge in [-0.3, -0.25) is 4.57 Å². The van der Waals surface area contributed by atoms with Crippen molar-refractivity contribution in [2.24, 2.45) is 0 Å². The number of fused-ring (bicyclic) bond motifs is 5. The number of halogens is 1. The maximum absolute atomic E-state index is 6.26. The van der Waals surface area contributed by atoms with Crippen molar-refractivity contribution >= 4 is 11.6 Å². The lowest BCUT2D eigenvalue weighted by Crippen LogP contribution is -2.04. The average molecular weight is 364 g/mol. The van der Waals surface area contributed by atoms with Crippen molar-refractivity contribution in [2.75, 3.05) is 0 Å². The molecular formula is C19H14ClN5O. The van der Waals surface area contributed by atoms with E-state index in [-0.39, 0.29) is 0 Å². The number of aromatic nitrogens is 5. The molecule has 5 rings (SSSR count). The van der Waals surface area contributed by atoms with Crippen molar-refractivity contribution in [2.45, 2.75) is 13.2 Å². The summed E-state index contributed by atoms with van der Waals surface area (Å²) in [7, 11) is 0. The fourth-order valence-corrected chi connectivity index (χ4v) is 3.36. The zero-order valence-electron chi connectivity index (χ0n) is 13.7. The zero-order valence-corrected chi connectivity index (χ0v) is 14.5. The van der Waals surface area contributed by atoms with Crippen molar-refractivity contribution in [1.82, 2.24) is 24.3 Å². The number of rotatable bonds is 3. The van der Waals surface area contributed by atoms with E-state index in [1.54, 1.807) is 12.7 Å². The van der Waals surface area contributed by atoms with E-state index < -0.39 is 0 Å². The molecule has 0 unspecified atom stereocenters. The van der Waals surface area contributed by atoms with Gasteiger partial charge in [0.2, 0.25) is 0 Å². The van der Waals surface area contributed by atoms with Crippen LogP contribution in [-0.2, 0) is 13.2 Å². The highest BCUT2D eigenvalue weighted by molar-refractivity contribution is 6.30. The van der Waals surface area contributed by atoms with E-state index in [1.807, 2.05) is 57.8 Å². The average Bonchev–Trinajstić information content (AvgIpc) is 3.26. The number of hydrogen-bond acceptors (Lipinski definition) is 4. The second-order valence-corrected chi connectivity index (χ2v) is 6.40. The Morgan fingerprint density at radius 3 is 2.85 bits per heavy atom. The summed E-state index contributed by atoms with van der Waals surface area (Å²) in [6, 6.07) is 16.0. The second kappa shape index (κ2) is 6.00. The van der Waals surface area contributed by atoms with Gasteiger partial charge in [-0.05, 0) is 23.8 Å². The number of imidazole rings is 1. The van der Waals surface area contributed by atoms with Crippen LogP contribution in [-0.4, -0.2) is 24.3 Å². The lowest BCUT2D eigenvalue weighted by molar-refractivity contribution is 0.306. The van der Waals surface area contributed by atoms with Crippen molar-refractivity contribution < 1.29 is 4.74 Å². The van der Waals surface area contributed by atoms with Crippen LogP contribution in [0.25, 0.3) is 17.1 Å². The minimum Gasteiger partial charge on any atom is -0.489 e. The third-order valence-corrected chi connectivity index (χ3v) is 4.76. The van der Waals surface area contributed by atoms with Gasteiger partial charge < -0.3 is 4.74 Å². The van der Waals surface area contributed by atoms with E-state index >= 15 is 0 Å². The van der Waals surface area contributed by atoms with Crippen molar-refractivity contribution in [3.63, 3.8) is 0 Å². The molecule has 1 aliphatic rings. The summed E-state index contributed by atoms with van der Waals surface area (Å²) in [6.07, 6.45) is 3.28. The normalized spacial score (nSPS) is 12.0. The molecule has 0 spiro atoms. The standard InChI is InChI=1S/C19H14ClN5O/c20-18-17-9-25-19(21-11-23-25)15-8-14(6-7-16(15)24(17)12-22-18)26-10-13-4-2-1-3-5-13/h1-8,11-12H,9-10H2. The Morgan fingerprint density at radius 2 is 1.96 bits per heavy atom. The molecule has 0 amide bonds. The molecule has 0 fully saturated rings. The van der Waals surface area contributed by atoms with Gasteiger partial charge >= 0.3 is 0 Å². The van der Waals surface area contributed by atoms with Crippen molar-refractivity contribution in [1.29, 1.82) is 0 Å². The van der Waals surface area contributed by atoms with E-state index in [1.165, 1.54) is 0 Å². The van der Waals surface area contributed by atoms with Crippen LogP contribution in [0.1, 0.15) is 11.3 Å². The molecule has 0 radical (unpaired) electrons. The first-order valence-corrected chi connectivity index (χ1v) is 8.58. The van der Waals surface area contributed by atoms with Gasteiger partial charge in [0.05, 0.1) is 17.9 Å². The molecule has 6 nitrogen and oxygen atoms in total. The predicted octanol–water partition coefficient (Wildman–Crippen LogP) is 3.72. The second-order valence-electron chi connectivity index (χ2n) is 6.05. The Hall–Kier alpha value is -3.12. The number of nitrogens with zero attached hydrogens (tertiary/aromatic N) is 5. The molecule has 2 aromatic heterocycles. The van der Waals surface area contributed by atoms with Gasteiger partial charge in [-0.15, -0.1) is 0 Å². The summed E-state index contributed by atoms with van der Waals surface area (Å²) >= 11 is 6.26. The van der Waals surface area contributed by atoms with Crippen molar-refractivity contribution in [3.05, 3.63) is 77.6 Å². The van der Waals surface area contributed by atoms with Gasteiger partial charge in [0.1, 0.15) is 25.0 Å². The third-order valence-electron chi connectivity index (χ3n) is 4.45. The Kier molecular flexibility index (Phi) is 3.50. The molecule has 0 saturated heterocycles. The minimum absolute atomic E-state index is 0.476. The highest BCUT2D eigenvalue weighted by Gasteiger charge is 2.23. The number of benzene rings is 2. The lowest BCUT2D eigenvalue weighted by atomic mass is 10.1. The van der Waals surface area contributed by atoms with Crippen LogP contribution >= 0.6 is 11.6 Å². The summed E-state index contributed by atoms with van der Waals surface area (Å²) in [5.41, 5.74) is 3.89. The summed E-state index contributed by atoms with van der Waals surface area (Å²) in [6.45, 7) is 1.03. The van der Waals surface area contributed by atoms with Crippen molar-refractivity contribution in [3.8, 4) is 22.8 Å². The first-order chi connectivity index (χ1) is 12.8. The third kappa shape index (κ3) is 2.46. The zero-order chi connectivity index (χ0) is 17.5. The summed E-state index contributed by atoms with van der Waals surface area (Å²) < 4.78 is 9.78. The van der Waals surface area contributed by atoms with E-state index in [0.717, 1.165) is 34.1 Å². The smallest absolute Gasteiger partial charge is 0.160 e. The van der Waals surface area contributed by atoms with Crippen LogP contribution in [0, 0.1) is 0 Å². The summed E-state index contributed by atoms with van der Waals surface area (Å²) in [5, 5.41) is 4.80. The van der Waals surface area contributed by atoms with Crippen LogP contribution in [0.4, 0.5) is 0 Å². The van der Waals surface area contributed by atoms with Crippen LogP contribution < -0.4 is 4.74 Å². The molecule has 3 heterocycles. The van der Waals surface area contributed by atoms with Crippen LogP contribution in [0.5, 0.6) is 5.75 Å². The van der Waals surface area contributed by atoms with Crippen LogP contribution in [0.2, 0.25) is 5.15 Å². The monoisotopic (exact) mass is 363 g/mol. The van der Waals surface area contributed by atoms with Gasteiger partial charge in [-0.1, -0.05) is 41.9 Å². The summed E-state index contributed by atoms with van der Waals surface area (Å²) in [4.78, 5) is 8.66. The first-order valence-electron chi connectivity index (χ1n) is 8.20. The van der Waals surface area contributed by atoms with Crippen LogP contribution in [0.3, 0.4) is 0 Å². The van der Waals surface area contributed by atoms with E-state index in [4.69, 9.17) is 16.3 Å². The molecule has 2 aromatic carbocycles. The molecule has 4 aromatic rings. The number of hydrogen-bond donors (Lipinski definition) is 0. The Balaban J connectivity index is 1.57. The SMILES string of the molecule is Clc1ncn2c1Cn1ncnc1-c1cc(OCc3ccccc3)ccc1-2. The largest absolute Gasteiger partial charge is 0.489 e. The molecule has 1 aliphatic heterocycles. The lowest BCUT2D eigenvalue weighted by Gasteiger charge is -2.12. The van der Waals surface area contributed by atoms with Gasteiger partial charge in [0.15, 0.2) is 11.0 Å². The molecule has 0 atom stereocenters. The Labute approximate surface area is 154 Å². The topological polar surface area (TPSA) is 57.8 Å². The predicted molar refractivity (Wildman–Crippen MR) is 97.5 cm³/mol. The molecule has 0 saturated carbocycles. The molecule has 0 bridgehead atoms. The Morgan fingerprint density at radius 1 is 1.08 bits per heavy atom. The maximum atomic E-state index is 6.26. The molecule has 0 N–H and O–H groups in total. The first kappa shape index (κ1) is 15.2. The fraction of sp³-hybridized carbons (Fsp3) is 0.105. The quantitative estimate of drug-likeness (QED) is 0.490. The van der Waals surface area contributed by atoms with Gasteiger partial charge in [0.25, 0.3) is 0 Å². The molecular weight excluding hydrogens is 350 g/mol. The van der Waals surface area contributed by atoms with Gasteiger partial charge in [0, 0.05) is 5.56 Å². The maximum Gasteiger partial charge on any atom is 0.160 e. The summed E-state index contributed by atoms with van der Waals surface area (Å²) in [5.74, 6) is 1.56. The fourth-order valence-electron chi connectivity index (χ4n) is 3.17. The Bertz CT molecular complexity index is 1090.